The van der Waals surface area contributed by atoms with Gasteiger partial charge in [-0.1, -0.05) is 11.6 Å². The van der Waals surface area contributed by atoms with E-state index < -0.39 is 0 Å². The molecule has 0 aliphatic rings. The minimum Gasteiger partial charge on any atom is -0.381 e. The van der Waals surface area contributed by atoms with Crippen molar-refractivity contribution in [1.29, 1.82) is 0 Å². The third-order valence-corrected chi connectivity index (χ3v) is 3.09. The molecule has 0 heterocycles. The van der Waals surface area contributed by atoms with Gasteiger partial charge in [0.25, 0.3) is 0 Å². The van der Waals surface area contributed by atoms with E-state index in [4.69, 9.17) is 0 Å². The first-order valence-corrected chi connectivity index (χ1v) is 6.29. The first kappa shape index (κ1) is 12.0. The summed E-state index contributed by atoms with van der Waals surface area (Å²) < 4.78 is 2.35. The van der Waals surface area contributed by atoms with Crippen LogP contribution in [-0.2, 0) is 0 Å². The quantitative estimate of drug-likeness (QED) is 0.617. The lowest BCUT2D eigenvalue weighted by atomic mass is 10.3. The number of hydrogen-bond acceptors (Lipinski definition) is 1. The van der Waals surface area contributed by atoms with Crippen LogP contribution in [0.15, 0.2) is 34.3 Å². The summed E-state index contributed by atoms with van der Waals surface area (Å²) in [7, 11) is 0. The summed E-state index contributed by atoms with van der Waals surface area (Å²) >= 11 is 5.82. The maximum absolute atomic E-state index is 3.51. The number of benzene rings is 1. The van der Waals surface area contributed by atoms with Crippen molar-refractivity contribution in [3.05, 3.63) is 37.9 Å². The molecule has 0 saturated carbocycles. The highest BCUT2D eigenvalue weighted by atomic mass is 127. The van der Waals surface area contributed by atoms with E-state index in [1.165, 1.54) is 9.14 Å². The molecule has 1 N–H and O–H groups in total. The van der Waals surface area contributed by atoms with E-state index in [0.717, 1.165) is 16.7 Å². The Morgan fingerprint density at radius 1 is 1.50 bits per heavy atom. The van der Waals surface area contributed by atoms with Crippen LogP contribution in [0.5, 0.6) is 0 Å². The molecule has 1 aromatic rings. The van der Waals surface area contributed by atoms with Crippen molar-refractivity contribution in [1.82, 2.24) is 0 Å². The van der Waals surface area contributed by atoms with Crippen LogP contribution in [0.4, 0.5) is 5.69 Å². The van der Waals surface area contributed by atoms with Gasteiger partial charge in [-0.25, -0.2) is 0 Å². The Morgan fingerprint density at radius 2 is 2.21 bits per heavy atom. The van der Waals surface area contributed by atoms with Gasteiger partial charge in [0.1, 0.15) is 0 Å². The zero-order chi connectivity index (χ0) is 10.6. The third kappa shape index (κ3) is 4.00. The van der Waals surface area contributed by atoms with Crippen molar-refractivity contribution in [2.45, 2.75) is 13.8 Å². The molecular formula is C11H13BrIN. The van der Waals surface area contributed by atoms with E-state index in [1.807, 2.05) is 0 Å². The number of rotatable bonds is 3. The molecule has 0 bridgehead atoms. The molecule has 1 aromatic carbocycles. The summed E-state index contributed by atoms with van der Waals surface area (Å²) in [4.78, 5) is 0. The molecule has 3 heteroatoms. The average Bonchev–Trinajstić information content (AvgIpc) is 2.10. The van der Waals surface area contributed by atoms with E-state index in [-0.39, 0.29) is 0 Å². The lowest BCUT2D eigenvalue weighted by Crippen LogP contribution is -1.99. The highest BCUT2D eigenvalue weighted by Gasteiger charge is 1.98. The maximum Gasteiger partial charge on any atom is 0.0497 e. The molecule has 0 spiro atoms. The molecule has 0 radical (unpaired) electrons. The first-order chi connectivity index (χ1) is 6.59. The Hall–Kier alpha value is -0.0300. The Balaban J connectivity index is 2.67. The van der Waals surface area contributed by atoms with Crippen LogP contribution in [0.25, 0.3) is 0 Å². The molecule has 0 unspecified atom stereocenters. The largest absolute Gasteiger partial charge is 0.381 e. The lowest BCUT2D eigenvalue weighted by molar-refractivity contribution is 1.26. The molecule has 1 rings (SSSR count). The van der Waals surface area contributed by atoms with Crippen molar-refractivity contribution in [3.63, 3.8) is 0 Å². The van der Waals surface area contributed by atoms with Gasteiger partial charge in [0.15, 0.2) is 0 Å². The second-order valence-corrected chi connectivity index (χ2v) is 5.39. The third-order valence-electron chi connectivity index (χ3n) is 1.73. The maximum atomic E-state index is 3.51. The summed E-state index contributed by atoms with van der Waals surface area (Å²) in [5.41, 5.74) is 2.48. The Morgan fingerprint density at radius 3 is 2.86 bits per heavy atom. The second kappa shape index (κ2) is 5.75. The average molecular weight is 366 g/mol. The van der Waals surface area contributed by atoms with Gasteiger partial charge in [-0.05, 0) is 70.6 Å². The smallest absolute Gasteiger partial charge is 0.0497 e. The van der Waals surface area contributed by atoms with Crippen LogP contribution in [0, 0.1) is 3.57 Å². The van der Waals surface area contributed by atoms with Crippen LogP contribution in [-0.4, -0.2) is 6.54 Å². The minimum atomic E-state index is 0.876. The molecular weight excluding hydrogens is 353 g/mol. The summed E-state index contributed by atoms with van der Waals surface area (Å²) in [5.74, 6) is 0. The van der Waals surface area contributed by atoms with Gasteiger partial charge >= 0.3 is 0 Å². The fraction of sp³-hybridized carbons (Fsp3) is 0.273. The highest BCUT2D eigenvalue weighted by molar-refractivity contribution is 14.1. The summed E-state index contributed by atoms with van der Waals surface area (Å²) in [6.45, 7) is 5.08. The van der Waals surface area contributed by atoms with Gasteiger partial charge in [-0.2, -0.15) is 0 Å². The van der Waals surface area contributed by atoms with E-state index in [9.17, 15) is 0 Å². The van der Waals surface area contributed by atoms with Crippen LogP contribution in [0.1, 0.15) is 13.8 Å². The number of hydrogen-bond donors (Lipinski definition) is 1. The van der Waals surface area contributed by atoms with Crippen molar-refractivity contribution < 1.29 is 0 Å². The zero-order valence-electron chi connectivity index (χ0n) is 8.27. The molecule has 0 aromatic heterocycles. The number of halogens is 2. The topological polar surface area (TPSA) is 12.0 Å². The van der Waals surface area contributed by atoms with Gasteiger partial charge < -0.3 is 5.32 Å². The van der Waals surface area contributed by atoms with Crippen molar-refractivity contribution in [2.24, 2.45) is 0 Å². The predicted octanol–water partition coefficient (Wildman–Crippen LogP) is 4.43. The molecule has 0 aliphatic heterocycles. The minimum absolute atomic E-state index is 0.876. The number of nitrogens with one attached hydrogen (secondary N) is 1. The van der Waals surface area contributed by atoms with Gasteiger partial charge in [0.05, 0.1) is 0 Å². The lowest BCUT2D eigenvalue weighted by Gasteiger charge is -2.06. The Labute approximate surface area is 107 Å². The number of anilines is 1. The van der Waals surface area contributed by atoms with Gasteiger partial charge in [-0.15, -0.1) is 0 Å². The molecule has 14 heavy (non-hydrogen) atoms. The molecule has 76 valence electrons. The van der Waals surface area contributed by atoms with Gasteiger partial charge in [0, 0.05) is 20.3 Å². The normalized spacial score (nSPS) is 9.71. The molecule has 0 amide bonds. The van der Waals surface area contributed by atoms with Gasteiger partial charge in [-0.3, -0.25) is 0 Å². The zero-order valence-corrected chi connectivity index (χ0v) is 12.0. The Kier molecular flexibility index (Phi) is 4.95. The van der Waals surface area contributed by atoms with Crippen LogP contribution >= 0.6 is 38.5 Å². The predicted molar refractivity (Wildman–Crippen MR) is 74.8 cm³/mol. The summed E-state index contributed by atoms with van der Waals surface area (Å²) in [5, 5.41) is 3.36. The van der Waals surface area contributed by atoms with Crippen molar-refractivity contribution in [2.75, 3.05) is 11.9 Å². The Bertz CT molecular complexity index is 343. The van der Waals surface area contributed by atoms with Crippen molar-refractivity contribution in [3.8, 4) is 0 Å². The fourth-order valence-corrected chi connectivity index (χ4v) is 1.88. The van der Waals surface area contributed by atoms with Crippen LogP contribution in [0.3, 0.4) is 0 Å². The van der Waals surface area contributed by atoms with E-state index in [1.54, 1.807) is 0 Å². The first-order valence-electron chi connectivity index (χ1n) is 4.42. The standard InChI is InChI=1S/C11H13BrIN/c1-8(2)5-6-14-11-7-9(13)3-4-10(11)12/h3-5,7,14H,6H2,1-2H3. The molecule has 0 saturated heterocycles. The van der Waals surface area contributed by atoms with Crippen LogP contribution in [0.2, 0.25) is 0 Å². The summed E-state index contributed by atoms with van der Waals surface area (Å²) in [6, 6.07) is 6.27. The second-order valence-electron chi connectivity index (χ2n) is 3.29. The molecule has 0 fully saturated rings. The number of allylic oxidation sites excluding steroid dienone is 1. The van der Waals surface area contributed by atoms with Crippen molar-refractivity contribution >= 4 is 44.2 Å². The fourth-order valence-electron chi connectivity index (χ4n) is 0.998. The molecule has 1 nitrogen and oxygen atoms in total. The van der Waals surface area contributed by atoms with E-state index in [0.29, 0.717) is 0 Å². The van der Waals surface area contributed by atoms with E-state index >= 15 is 0 Å². The monoisotopic (exact) mass is 365 g/mol. The highest BCUT2D eigenvalue weighted by Crippen LogP contribution is 2.24. The van der Waals surface area contributed by atoms with Gasteiger partial charge in [0.2, 0.25) is 0 Å². The molecule has 0 atom stereocenters. The summed E-state index contributed by atoms with van der Waals surface area (Å²) in [6.07, 6.45) is 2.17. The SMILES string of the molecule is CC(C)=CCNc1cc(I)ccc1Br. The van der Waals surface area contributed by atoms with Crippen LogP contribution < -0.4 is 5.32 Å². The molecule has 0 aliphatic carbocycles. The van der Waals surface area contributed by atoms with E-state index in [2.05, 4.69) is 82.0 Å².